The Labute approximate surface area is 186 Å². The highest BCUT2D eigenvalue weighted by atomic mass is 15.3. The number of nitrogens with zero attached hydrogens (tertiary/aromatic N) is 8. The summed E-state index contributed by atoms with van der Waals surface area (Å²) in [6.07, 6.45) is 0.894. The van der Waals surface area contributed by atoms with Gasteiger partial charge < -0.3 is 24.5 Å². The SMILES string of the molecule is CCC(=Nc1ccc2nc(N3CCN(C)CC3)c(N3CCN(C)CC3)nc2c1)N(C)C. The zero-order valence-corrected chi connectivity index (χ0v) is 19.7. The number of benzene rings is 1. The largest absolute Gasteiger partial charge is 0.366 e. The third-order valence-electron chi connectivity index (χ3n) is 6.31. The summed E-state index contributed by atoms with van der Waals surface area (Å²) >= 11 is 0. The lowest BCUT2D eigenvalue weighted by molar-refractivity contribution is 0.308. The van der Waals surface area contributed by atoms with E-state index < -0.39 is 0 Å². The van der Waals surface area contributed by atoms with Crippen molar-refractivity contribution < 1.29 is 0 Å². The van der Waals surface area contributed by atoms with Crippen molar-refractivity contribution in [3.05, 3.63) is 18.2 Å². The minimum Gasteiger partial charge on any atom is -0.366 e. The van der Waals surface area contributed by atoms with Gasteiger partial charge in [-0.2, -0.15) is 0 Å². The first-order valence-corrected chi connectivity index (χ1v) is 11.4. The van der Waals surface area contributed by atoms with Crippen molar-refractivity contribution in [3.63, 3.8) is 0 Å². The molecule has 0 aliphatic carbocycles. The van der Waals surface area contributed by atoms with Crippen molar-refractivity contribution in [1.82, 2.24) is 24.7 Å². The van der Waals surface area contributed by atoms with E-state index in [1.54, 1.807) is 0 Å². The van der Waals surface area contributed by atoms with Crippen LogP contribution >= 0.6 is 0 Å². The second-order valence-electron chi connectivity index (χ2n) is 8.90. The molecule has 0 spiro atoms. The molecule has 2 aliphatic rings. The maximum absolute atomic E-state index is 5.16. The molecule has 0 radical (unpaired) electrons. The van der Waals surface area contributed by atoms with Crippen LogP contribution in [0.2, 0.25) is 0 Å². The molecule has 8 nitrogen and oxygen atoms in total. The van der Waals surface area contributed by atoms with Gasteiger partial charge in [0, 0.05) is 72.9 Å². The summed E-state index contributed by atoms with van der Waals surface area (Å²) in [6, 6.07) is 6.20. The van der Waals surface area contributed by atoms with E-state index in [1.165, 1.54) is 0 Å². The van der Waals surface area contributed by atoms with Crippen molar-refractivity contribution in [2.24, 2.45) is 4.99 Å². The Morgan fingerprint density at radius 3 is 1.84 bits per heavy atom. The summed E-state index contributed by atoms with van der Waals surface area (Å²) in [5, 5.41) is 0. The van der Waals surface area contributed by atoms with E-state index in [-0.39, 0.29) is 0 Å². The molecule has 2 saturated heterocycles. The fourth-order valence-corrected chi connectivity index (χ4v) is 4.20. The molecule has 2 fully saturated rings. The topological polar surface area (TPSA) is 54.3 Å². The van der Waals surface area contributed by atoms with Crippen LogP contribution < -0.4 is 9.80 Å². The van der Waals surface area contributed by atoms with Crippen LogP contribution in [0.4, 0.5) is 17.3 Å². The van der Waals surface area contributed by atoms with Gasteiger partial charge in [0.15, 0.2) is 11.6 Å². The number of amidine groups is 1. The van der Waals surface area contributed by atoms with Gasteiger partial charge in [-0.1, -0.05) is 6.92 Å². The van der Waals surface area contributed by atoms with Crippen molar-refractivity contribution in [2.75, 3.05) is 90.3 Å². The lowest BCUT2D eigenvalue weighted by Gasteiger charge is -2.38. The fourth-order valence-electron chi connectivity index (χ4n) is 4.20. The molecular formula is C23H36N8. The second kappa shape index (κ2) is 9.36. The van der Waals surface area contributed by atoms with E-state index in [0.717, 1.165) is 93.0 Å². The molecule has 3 heterocycles. The zero-order valence-electron chi connectivity index (χ0n) is 19.7. The van der Waals surface area contributed by atoms with Crippen LogP contribution in [0.1, 0.15) is 13.3 Å². The third kappa shape index (κ3) is 4.91. The van der Waals surface area contributed by atoms with Crippen LogP contribution in [-0.2, 0) is 0 Å². The quantitative estimate of drug-likeness (QED) is 0.551. The van der Waals surface area contributed by atoms with Crippen molar-refractivity contribution in [3.8, 4) is 0 Å². The molecule has 168 valence electrons. The standard InChI is InChI=1S/C23H36N8/c1-6-21(27(2)3)24-18-7-8-19-20(17-18)26-23(31-15-11-29(5)12-16-31)22(25-19)30-13-9-28(4)10-14-30/h7-8,17H,6,9-16H2,1-5H3. The van der Waals surface area contributed by atoms with Crippen LogP contribution in [0.25, 0.3) is 11.0 Å². The summed E-state index contributed by atoms with van der Waals surface area (Å²) in [5.41, 5.74) is 2.79. The maximum atomic E-state index is 5.16. The summed E-state index contributed by atoms with van der Waals surface area (Å²) in [6.45, 7) is 10.3. The van der Waals surface area contributed by atoms with Gasteiger partial charge in [0.05, 0.1) is 16.7 Å². The molecule has 4 rings (SSSR count). The van der Waals surface area contributed by atoms with Gasteiger partial charge in [0.2, 0.25) is 0 Å². The number of hydrogen-bond acceptors (Lipinski definition) is 7. The lowest BCUT2D eigenvalue weighted by atomic mass is 10.2. The number of anilines is 2. The lowest BCUT2D eigenvalue weighted by Crippen LogP contribution is -2.48. The summed E-state index contributed by atoms with van der Waals surface area (Å²) < 4.78 is 0. The smallest absolute Gasteiger partial charge is 0.172 e. The second-order valence-corrected chi connectivity index (χ2v) is 8.90. The molecule has 0 atom stereocenters. The minimum atomic E-state index is 0.894. The highest BCUT2D eigenvalue weighted by molar-refractivity contribution is 5.87. The van der Waals surface area contributed by atoms with Crippen LogP contribution in [0, 0.1) is 0 Å². The van der Waals surface area contributed by atoms with Gasteiger partial charge in [-0.3, -0.25) is 0 Å². The third-order valence-corrected chi connectivity index (χ3v) is 6.31. The first-order valence-electron chi connectivity index (χ1n) is 11.4. The maximum Gasteiger partial charge on any atom is 0.172 e. The van der Waals surface area contributed by atoms with E-state index in [0.29, 0.717) is 0 Å². The van der Waals surface area contributed by atoms with Crippen LogP contribution in [0.3, 0.4) is 0 Å². The Hall–Kier alpha value is -2.45. The molecule has 0 amide bonds. The molecular weight excluding hydrogens is 388 g/mol. The first-order chi connectivity index (χ1) is 14.9. The number of fused-ring (bicyclic) bond motifs is 1. The Morgan fingerprint density at radius 2 is 1.35 bits per heavy atom. The number of likely N-dealkylation sites (N-methyl/N-ethyl adjacent to an activating group) is 2. The normalized spacial score (nSPS) is 19.3. The highest BCUT2D eigenvalue weighted by Crippen LogP contribution is 2.31. The number of aromatic nitrogens is 2. The number of hydrogen-bond donors (Lipinski definition) is 0. The number of aliphatic imine (C=N–C) groups is 1. The minimum absolute atomic E-state index is 0.894. The van der Waals surface area contributed by atoms with E-state index in [2.05, 4.69) is 63.7 Å². The Balaban J connectivity index is 1.74. The Morgan fingerprint density at radius 1 is 0.839 bits per heavy atom. The highest BCUT2D eigenvalue weighted by Gasteiger charge is 2.25. The molecule has 0 N–H and O–H groups in total. The van der Waals surface area contributed by atoms with Gasteiger partial charge in [-0.05, 0) is 32.3 Å². The van der Waals surface area contributed by atoms with E-state index in [4.69, 9.17) is 15.0 Å². The molecule has 0 unspecified atom stereocenters. The number of piperazine rings is 2. The van der Waals surface area contributed by atoms with Crippen molar-refractivity contribution >= 4 is 34.2 Å². The molecule has 8 heteroatoms. The van der Waals surface area contributed by atoms with E-state index in [9.17, 15) is 0 Å². The van der Waals surface area contributed by atoms with E-state index in [1.807, 2.05) is 14.1 Å². The average molecular weight is 425 g/mol. The molecule has 0 saturated carbocycles. The predicted molar refractivity (Wildman–Crippen MR) is 130 cm³/mol. The molecule has 2 aliphatic heterocycles. The van der Waals surface area contributed by atoms with Gasteiger partial charge in [-0.15, -0.1) is 0 Å². The molecule has 31 heavy (non-hydrogen) atoms. The van der Waals surface area contributed by atoms with Gasteiger partial charge in [0.25, 0.3) is 0 Å². The van der Waals surface area contributed by atoms with E-state index >= 15 is 0 Å². The average Bonchev–Trinajstić information content (AvgIpc) is 2.77. The van der Waals surface area contributed by atoms with Crippen LogP contribution in [-0.4, -0.2) is 111 Å². The number of rotatable bonds is 4. The summed E-state index contributed by atoms with van der Waals surface area (Å²) in [4.78, 5) is 26.8. The Kier molecular flexibility index (Phi) is 6.57. The van der Waals surface area contributed by atoms with Gasteiger partial charge in [0.1, 0.15) is 5.84 Å². The fraction of sp³-hybridized carbons (Fsp3) is 0.609. The molecule has 2 aromatic rings. The molecule has 1 aromatic carbocycles. The molecule has 1 aromatic heterocycles. The van der Waals surface area contributed by atoms with Crippen LogP contribution in [0.15, 0.2) is 23.2 Å². The van der Waals surface area contributed by atoms with Gasteiger partial charge in [-0.25, -0.2) is 15.0 Å². The summed E-state index contributed by atoms with van der Waals surface area (Å²) in [5.74, 6) is 3.11. The molecule has 0 bridgehead atoms. The zero-order chi connectivity index (χ0) is 22.0. The van der Waals surface area contributed by atoms with Crippen LogP contribution in [0.5, 0.6) is 0 Å². The monoisotopic (exact) mass is 424 g/mol. The summed E-state index contributed by atoms with van der Waals surface area (Å²) in [7, 11) is 8.45. The Bertz CT molecular complexity index is 925. The first kappa shape index (κ1) is 21.8. The predicted octanol–water partition coefficient (Wildman–Crippen LogP) is 2.14. The van der Waals surface area contributed by atoms with Gasteiger partial charge >= 0.3 is 0 Å². The van der Waals surface area contributed by atoms with Crippen molar-refractivity contribution in [1.29, 1.82) is 0 Å². The van der Waals surface area contributed by atoms with Crippen molar-refractivity contribution in [2.45, 2.75) is 13.3 Å².